The summed E-state index contributed by atoms with van der Waals surface area (Å²) in [5, 5.41) is 20.6. The molecule has 2 rings (SSSR count). The summed E-state index contributed by atoms with van der Waals surface area (Å²) >= 11 is 0. The minimum Gasteiger partial charge on any atom is -0.411 e. The van der Waals surface area contributed by atoms with E-state index >= 15 is 0 Å². The second-order valence-electron chi connectivity index (χ2n) is 4.60. The molecule has 0 saturated heterocycles. The molecular weight excluding hydrogens is 247 g/mol. The molecule has 0 spiro atoms. The van der Waals surface area contributed by atoms with Gasteiger partial charge in [-0.05, 0) is 43.4 Å². The molecule has 0 radical (unpaired) electrons. The largest absolute Gasteiger partial charge is 0.411 e. The van der Waals surface area contributed by atoms with E-state index in [0.29, 0.717) is 6.61 Å². The maximum atomic E-state index is 13.1. The fourth-order valence-corrected chi connectivity index (χ4v) is 2.15. The van der Waals surface area contributed by atoms with Crippen molar-refractivity contribution in [3.8, 4) is 6.07 Å². The molecule has 1 aliphatic carbocycles. The second-order valence-corrected chi connectivity index (χ2v) is 4.60. The van der Waals surface area contributed by atoms with Crippen molar-refractivity contribution in [2.75, 3.05) is 0 Å². The number of nitrogens with zero attached hydrogens (tertiary/aromatic N) is 2. The number of oxime groups is 1. The number of benzene rings is 1. The summed E-state index contributed by atoms with van der Waals surface area (Å²) in [7, 11) is 0. The van der Waals surface area contributed by atoms with Crippen LogP contribution in [0.25, 0.3) is 0 Å². The Kier molecular flexibility index (Phi) is 4.48. The maximum absolute atomic E-state index is 13.1. The van der Waals surface area contributed by atoms with E-state index in [-0.39, 0.29) is 11.7 Å². The SMILES string of the molecule is N#Cc1cc(COC2CCC(=NO)CC2)ccc1F. The van der Waals surface area contributed by atoms with Crippen molar-refractivity contribution >= 4 is 5.71 Å². The second kappa shape index (κ2) is 6.30. The Morgan fingerprint density at radius 2 is 2.16 bits per heavy atom. The molecule has 0 atom stereocenters. The molecule has 1 saturated carbocycles. The first-order chi connectivity index (χ1) is 9.22. The highest BCUT2D eigenvalue weighted by atomic mass is 19.1. The normalized spacial score (nSPS) is 18.9. The van der Waals surface area contributed by atoms with E-state index in [4.69, 9.17) is 15.2 Å². The topological polar surface area (TPSA) is 65.6 Å². The lowest BCUT2D eigenvalue weighted by atomic mass is 9.96. The lowest BCUT2D eigenvalue weighted by Gasteiger charge is -2.22. The minimum absolute atomic E-state index is 0.0412. The third kappa shape index (κ3) is 3.52. The average Bonchev–Trinajstić information content (AvgIpc) is 2.47. The van der Waals surface area contributed by atoms with Gasteiger partial charge < -0.3 is 9.94 Å². The Bertz CT molecular complexity index is 513. The molecule has 1 aromatic rings. The predicted molar refractivity (Wildman–Crippen MR) is 67.4 cm³/mol. The summed E-state index contributed by atoms with van der Waals surface area (Å²) in [5.41, 5.74) is 1.65. The Balaban J connectivity index is 1.88. The van der Waals surface area contributed by atoms with Gasteiger partial charge in [-0.2, -0.15) is 5.26 Å². The first-order valence-electron chi connectivity index (χ1n) is 6.23. The van der Waals surface area contributed by atoms with Crippen LogP contribution in [0.15, 0.2) is 23.4 Å². The molecule has 0 bridgehead atoms. The van der Waals surface area contributed by atoms with Gasteiger partial charge >= 0.3 is 0 Å². The molecule has 1 aliphatic rings. The number of hydrogen-bond acceptors (Lipinski definition) is 4. The standard InChI is InChI=1S/C14H15FN2O2/c15-14-6-1-10(7-11(14)8-16)9-19-13-4-2-12(17-18)3-5-13/h1,6-7,13,18H,2-5,9H2. The molecule has 19 heavy (non-hydrogen) atoms. The van der Waals surface area contributed by atoms with E-state index in [1.54, 1.807) is 6.07 Å². The van der Waals surface area contributed by atoms with Crippen molar-refractivity contribution in [3.63, 3.8) is 0 Å². The summed E-state index contributed by atoms with van der Waals surface area (Å²) in [5.74, 6) is -0.507. The average molecular weight is 262 g/mol. The van der Waals surface area contributed by atoms with Crippen LogP contribution in [0.4, 0.5) is 4.39 Å². The first kappa shape index (κ1) is 13.5. The van der Waals surface area contributed by atoms with Crippen molar-refractivity contribution in [1.82, 2.24) is 0 Å². The van der Waals surface area contributed by atoms with E-state index < -0.39 is 5.82 Å². The van der Waals surface area contributed by atoms with Gasteiger partial charge in [-0.15, -0.1) is 0 Å². The van der Waals surface area contributed by atoms with Crippen LogP contribution >= 0.6 is 0 Å². The Morgan fingerprint density at radius 3 is 2.79 bits per heavy atom. The lowest BCUT2D eigenvalue weighted by Crippen LogP contribution is -2.21. The number of rotatable bonds is 3. The highest BCUT2D eigenvalue weighted by molar-refractivity contribution is 5.84. The number of nitriles is 1. The maximum Gasteiger partial charge on any atom is 0.140 e. The van der Waals surface area contributed by atoms with Crippen molar-refractivity contribution in [1.29, 1.82) is 5.26 Å². The van der Waals surface area contributed by atoms with Crippen molar-refractivity contribution in [2.24, 2.45) is 5.16 Å². The predicted octanol–water partition coefficient (Wildman–Crippen LogP) is 2.99. The quantitative estimate of drug-likeness (QED) is 0.672. The van der Waals surface area contributed by atoms with E-state index in [1.165, 1.54) is 12.1 Å². The fraction of sp³-hybridized carbons (Fsp3) is 0.429. The lowest BCUT2D eigenvalue weighted by molar-refractivity contribution is 0.0277. The molecule has 0 aliphatic heterocycles. The molecule has 100 valence electrons. The van der Waals surface area contributed by atoms with Crippen molar-refractivity contribution < 1.29 is 14.3 Å². The highest BCUT2D eigenvalue weighted by Crippen LogP contribution is 2.20. The van der Waals surface area contributed by atoms with Crippen LogP contribution in [-0.2, 0) is 11.3 Å². The molecule has 0 amide bonds. The summed E-state index contributed by atoms with van der Waals surface area (Å²) in [6.45, 7) is 0.366. The van der Waals surface area contributed by atoms with E-state index in [2.05, 4.69) is 5.16 Å². The van der Waals surface area contributed by atoms with Crippen LogP contribution in [0.3, 0.4) is 0 Å². The van der Waals surface area contributed by atoms with Crippen LogP contribution < -0.4 is 0 Å². The summed E-state index contributed by atoms with van der Waals surface area (Å²) in [6.07, 6.45) is 3.26. The smallest absolute Gasteiger partial charge is 0.140 e. The van der Waals surface area contributed by atoms with Crippen molar-refractivity contribution in [3.05, 3.63) is 35.1 Å². The third-order valence-corrected chi connectivity index (χ3v) is 3.29. The number of ether oxygens (including phenoxy) is 1. The van der Waals surface area contributed by atoms with Crippen LogP contribution in [0, 0.1) is 17.1 Å². The van der Waals surface area contributed by atoms with E-state index in [0.717, 1.165) is 37.0 Å². The molecule has 0 unspecified atom stereocenters. The zero-order valence-corrected chi connectivity index (χ0v) is 10.5. The van der Waals surface area contributed by atoms with Crippen molar-refractivity contribution in [2.45, 2.75) is 38.4 Å². The molecule has 1 N–H and O–H groups in total. The fourth-order valence-electron chi connectivity index (χ4n) is 2.15. The molecule has 5 heteroatoms. The minimum atomic E-state index is -0.507. The number of hydrogen-bond donors (Lipinski definition) is 1. The summed E-state index contributed by atoms with van der Waals surface area (Å²) < 4.78 is 18.9. The number of halogens is 1. The Labute approximate surface area is 111 Å². The van der Waals surface area contributed by atoms with Gasteiger partial charge in [-0.3, -0.25) is 0 Å². The summed E-state index contributed by atoms with van der Waals surface area (Å²) in [4.78, 5) is 0. The van der Waals surface area contributed by atoms with Crippen LogP contribution in [0.2, 0.25) is 0 Å². The van der Waals surface area contributed by atoms with Gasteiger partial charge in [0.25, 0.3) is 0 Å². The molecule has 0 heterocycles. The van der Waals surface area contributed by atoms with Crippen LogP contribution in [-0.4, -0.2) is 17.0 Å². The van der Waals surface area contributed by atoms with Gasteiger partial charge in [0.05, 0.1) is 24.0 Å². The van der Waals surface area contributed by atoms with Gasteiger partial charge in [0.2, 0.25) is 0 Å². The highest BCUT2D eigenvalue weighted by Gasteiger charge is 2.18. The Hall–Kier alpha value is -1.93. The zero-order valence-electron chi connectivity index (χ0n) is 10.5. The molecule has 1 aromatic carbocycles. The van der Waals surface area contributed by atoms with Gasteiger partial charge in [0.1, 0.15) is 11.9 Å². The van der Waals surface area contributed by atoms with Gasteiger partial charge in [0.15, 0.2) is 0 Å². The Morgan fingerprint density at radius 1 is 1.42 bits per heavy atom. The molecular formula is C14H15FN2O2. The van der Waals surface area contributed by atoms with Crippen LogP contribution in [0.1, 0.15) is 36.8 Å². The van der Waals surface area contributed by atoms with Gasteiger partial charge in [0, 0.05) is 0 Å². The molecule has 4 nitrogen and oxygen atoms in total. The van der Waals surface area contributed by atoms with Gasteiger partial charge in [-0.1, -0.05) is 11.2 Å². The van der Waals surface area contributed by atoms with Gasteiger partial charge in [-0.25, -0.2) is 4.39 Å². The third-order valence-electron chi connectivity index (χ3n) is 3.29. The first-order valence-corrected chi connectivity index (χ1v) is 6.23. The zero-order chi connectivity index (χ0) is 13.7. The molecule has 1 fully saturated rings. The molecule has 0 aromatic heterocycles. The summed E-state index contributed by atoms with van der Waals surface area (Å²) in [6, 6.07) is 6.24. The monoisotopic (exact) mass is 262 g/mol. The van der Waals surface area contributed by atoms with Crippen LogP contribution in [0.5, 0.6) is 0 Å². The van der Waals surface area contributed by atoms with E-state index in [1.807, 2.05) is 6.07 Å². The van der Waals surface area contributed by atoms with E-state index in [9.17, 15) is 4.39 Å².